The van der Waals surface area contributed by atoms with Gasteiger partial charge in [0, 0.05) is 34.1 Å². The van der Waals surface area contributed by atoms with Crippen LogP contribution in [0.25, 0.3) is 10.6 Å². The van der Waals surface area contributed by atoms with Crippen LogP contribution < -0.4 is 10.6 Å². The summed E-state index contributed by atoms with van der Waals surface area (Å²) in [5.74, 6) is -1.31. The van der Waals surface area contributed by atoms with E-state index in [1.165, 1.54) is 0 Å². The quantitative estimate of drug-likeness (QED) is 0.580. The summed E-state index contributed by atoms with van der Waals surface area (Å²) in [7, 11) is 0. The van der Waals surface area contributed by atoms with Gasteiger partial charge < -0.3 is 10.6 Å². The topological polar surface area (TPSA) is 71.1 Å². The van der Waals surface area contributed by atoms with Crippen LogP contribution in [-0.2, 0) is 16.0 Å². The molecule has 0 aliphatic heterocycles. The van der Waals surface area contributed by atoms with Gasteiger partial charge in [-0.3, -0.25) is 9.59 Å². The molecule has 0 atom stereocenters. The third kappa shape index (κ3) is 5.22. The molecule has 0 unspecified atom stereocenters. The van der Waals surface area contributed by atoms with Gasteiger partial charge in [0.05, 0.1) is 5.69 Å². The highest BCUT2D eigenvalue weighted by molar-refractivity contribution is 7.15. The number of rotatable bonds is 5. The van der Waals surface area contributed by atoms with Gasteiger partial charge in [-0.1, -0.05) is 35.9 Å². The zero-order valence-electron chi connectivity index (χ0n) is 16.5. The Kier molecular flexibility index (Phi) is 6.67. The van der Waals surface area contributed by atoms with Crippen molar-refractivity contribution >= 4 is 40.4 Å². The predicted octanol–water partition coefficient (Wildman–Crippen LogP) is 4.69. The maximum Gasteiger partial charge on any atom is 0.313 e. The lowest BCUT2D eigenvalue weighted by atomic mass is 10.1. The molecule has 3 rings (SSSR count). The Morgan fingerprint density at radius 2 is 1.76 bits per heavy atom. The van der Waals surface area contributed by atoms with Gasteiger partial charge in [0.15, 0.2) is 0 Å². The van der Waals surface area contributed by atoms with Gasteiger partial charge in [-0.05, 0) is 50.1 Å². The summed E-state index contributed by atoms with van der Waals surface area (Å²) in [6.45, 7) is 6.18. The maximum atomic E-state index is 12.2. The third-order valence-electron chi connectivity index (χ3n) is 4.68. The van der Waals surface area contributed by atoms with Crippen molar-refractivity contribution in [3.8, 4) is 10.6 Å². The minimum atomic E-state index is -0.665. The lowest BCUT2D eigenvalue weighted by molar-refractivity contribution is -0.136. The molecule has 7 heteroatoms. The minimum Gasteiger partial charge on any atom is -0.347 e. The van der Waals surface area contributed by atoms with Gasteiger partial charge in [-0.2, -0.15) is 0 Å². The van der Waals surface area contributed by atoms with E-state index in [0.717, 1.165) is 32.3 Å². The first-order chi connectivity index (χ1) is 13.8. The summed E-state index contributed by atoms with van der Waals surface area (Å²) in [5.41, 5.74) is 4.58. The van der Waals surface area contributed by atoms with Gasteiger partial charge in [0.2, 0.25) is 0 Å². The largest absolute Gasteiger partial charge is 0.347 e. The molecule has 5 nitrogen and oxygen atoms in total. The van der Waals surface area contributed by atoms with Crippen LogP contribution in [0.1, 0.15) is 21.7 Å². The number of aromatic nitrogens is 1. The number of aryl methyl sites for hydroxylation is 2. The normalized spacial score (nSPS) is 10.6. The van der Waals surface area contributed by atoms with E-state index < -0.39 is 11.8 Å². The van der Waals surface area contributed by atoms with Crippen molar-refractivity contribution in [1.82, 2.24) is 10.3 Å². The smallest absolute Gasteiger partial charge is 0.313 e. The van der Waals surface area contributed by atoms with E-state index >= 15 is 0 Å². The van der Waals surface area contributed by atoms with Crippen LogP contribution in [0.15, 0.2) is 42.5 Å². The van der Waals surface area contributed by atoms with Crippen molar-refractivity contribution in [1.29, 1.82) is 0 Å². The lowest BCUT2D eigenvalue weighted by Crippen LogP contribution is -2.36. The number of nitrogens with zero attached hydrogens (tertiary/aromatic N) is 1. The molecule has 2 amide bonds. The highest BCUT2D eigenvalue weighted by atomic mass is 35.5. The Hall–Kier alpha value is -2.70. The van der Waals surface area contributed by atoms with E-state index in [0.29, 0.717) is 23.7 Å². The summed E-state index contributed by atoms with van der Waals surface area (Å²) < 4.78 is 0. The first-order valence-corrected chi connectivity index (χ1v) is 10.4. The number of thiazole rings is 1. The summed E-state index contributed by atoms with van der Waals surface area (Å²) in [6.07, 6.45) is 0.611. The highest BCUT2D eigenvalue weighted by Gasteiger charge is 2.15. The van der Waals surface area contributed by atoms with Gasteiger partial charge in [-0.15, -0.1) is 11.3 Å². The minimum absolute atomic E-state index is 0.363. The summed E-state index contributed by atoms with van der Waals surface area (Å²) in [4.78, 5) is 30.0. The van der Waals surface area contributed by atoms with Crippen molar-refractivity contribution in [3.63, 3.8) is 0 Å². The summed E-state index contributed by atoms with van der Waals surface area (Å²) in [5, 5.41) is 6.94. The molecular formula is C22H22ClN3O2S. The Morgan fingerprint density at radius 1 is 1.03 bits per heavy atom. The zero-order valence-corrected chi connectivity index (χ0v) is 18.1. The average molecular weight is 428 g/mol. The van der Waals surface area contributed by atoms with E-state index in [1.807, 2.05) is 57.2 Å². The van der Waals surface area contributed by atoms with Gasteiger partial charge >= 0.3 is 11.8 Å². The van der Waals surface area contributed by atoms with E-state index in [-0.39, 0.29) is 0 Å². The zero-order chi connectivity index (χ0) is 21.0. The molecule has 0 bridgehead atoms. The van der Waals surface area contributed by atoms with Gasteiger partial charge in [-0.25, -0.2) is 4.98 Å². The number of hydrogen-bond acceptors (Lipinski definition) is 4. The Balaban J connectivity index is 1.55. The molecule has 3 aromatic rings. The van der Waals surface area contributed by atoms with Crippen LogP contribution in [0.3, 0.4) is 0 Å². The van der Waals surface area contributed by atoms with Crippen LogP contribution in [0.2, 0.25) is 5.02 Å². The van der Waals surface area contributed by atoms with E-state index in [1.54, 1.807) is 17.4 Å². The van der Waals surface area contributed by atoms with Crippen molar-refractivity contribution in [2.24, 2.45) is 0 Å². The number of amides is 2. The standard InChI is InChI=1S/C22H22ClN3O2S/c1-13-5-4-6-18(14(13)2)26-21(28)20(27)24-12-11-19-15(3)25-22(29-19)16-7-9-17(23)10-8-16/h4-10H,11-12H2,1-3H3,(H,24,27)(H,26,28). The van der Waals surface area contributed by atoms with Crippen molar-refractivity contribution < 1.29 is 9.59 Å². The first kappa shape index (κ1) is 21.0. The van der Waals surface area contributed by atoms with Crippen molar-refractivity contribution in [3.05, 3.63) is 69.2 Å². The maximum absolute atomic E-state index is 12.2. The highest BCUT2D eigenvalue weighted by Crippen LogP contribution is 2.29. The van der Waals surface area contributed by atoms with Gasteiger partial charge in [0.25, 0.3) is 0 Å². The van der Waals surface area contributed by atoms with Crippen LogP contribution in [-0.4, -0.2) is 23.3 Å². The molecule has 0 saturated carbocycles. The molecule has 150 valence electrons. The third-order valence-corrected chi connectivity index (χ3v) is 6.20. The first-order valence-electron chi connectivity index (χ1n) is 9.23. The SMILES string of the molecule is Cc1cccc(NC(=O)C(=O)NCCc2sc(-c3ccc(Cl)cc3)nc2C)c1C. The molecule has 0 fully saturated rings. The van der Waals surface area contributed by atoms with Crippen molar-refractivity contribution in [2.75, 3.05) is 11.9 Å². The molecule has 2 aromatic carbocycles. The molecule has 29 heavy (non-hydrogen) atoms. The van der Waals surface area contributed by atoms with E-state index in [9.17, 15) is 9.59 Å². The van der Waals surface area contributed by atoms with Crippen LogP contribution >= 0.6 is 22.9 Å². The number of benzene rings is 2. The van der Waals surface area contributed by atoms with E-state index in [2.05, 4.69) is 15.6 Å². The molecule has 2 N–H and O–H groups in total. The predicted molar refractivity (Wildman–Crippen MR) is 119 cm³/mol. The number of anilines is 1. The fourth-order valence-corrected chi connectivity index (χ4v) is 4.00. The summed E-state index contributed by atoms with van der Waals surface area (Å²) in [6, 6.07) is 13.1. The molecule has 0 aliphatic carbocycles. The van der Waals surface area contributed by atoms with E-state index in [4.69, 9.17) is 11.6 Å². The van der Waals surface area contributed by atoms with Crippen LogP contribution in [0.4, 0.5) is 5.69 Å². The fourth-order valence-electron chi connectivity index (χ4n) is 2.81. The molecule has 1 heterocycles. The second kappa shape index (κ2) is 9.20. The van der Waals surface area contributed by atoms with Crippen LogP contribution in [0.5, 0.6) is 0 Å². The van der Waals surface area contributed by atoms with Crippen molar-refractivity contribution in [2.45, 2.75) is 27.2 Å². The molecular weight excluding hydrogens is 406 g/mol. The molecule has 0 aliphatic rings. The Bertz CT molecular complexity index is 1040. The number of hydrogen-bond donors (Lipinski definition) is 2. The molecule has 0 spiro atoms. The monoisotopic (exact) mass is 427 g/mol. The second-order valence-corrected chi connectivity index (χ2v) is 8.26. The molecule has 0 radical (unpaired) electrons. The molecule has 1 aromatic heterocycles. The second-order valence-electron chi connectivity index (χ2n) is 6.74. The Labute approximate surface area is 179 Å². The summed E-state index contributed by atoms with van der Waals surface area (Å²) >= 11 is 7.52. The number of halogens is 1. The fraction of sp³-hybridized carbons (Fsp3) is 0.227. The average Bonchev–Trinajstić information content (AvgIpc) is 3.06. The number of carbonyl (C=O) groups is 2. The van der Waals surface area contributed by atoms with Crippen LogP contribution in [0, 0.1) is 20.8 Å². The van der Waals surface area contributed by atoms with Gasteiger partial charge in [0.1, 0.15) is 5.01 Å². The Morgan fingerprint density at radius 3 is 2.48 bits per heavy atom. The number of carbonyl (C=O) groups excluding carboxylic acids is 2. The lowest BCUT2D eigenvalue weighted by Gasteiger charge is -2.10. The number of nitrogens with one attached hydrogen (secondary N) is 2. The molecule has 0 saturated heterocycles.